The monoisotopic (exact) mass is 392 g/mol. The van der Waals surface area contributed by atoms with Crippen molar-refractivity contribution in [3.63, 3.8) is 0 Å². The molecule has 144 valence electrons. The molecule has 0 saturated carbocycles. The lowest BCUT2D eigenvalue weighted by Crippen LogP contribution is -2.52. The number of para-hydroxylation sites is 1. The molecule has 0 saturated heterocycles. The maximum atomic E-state index is 13.3. The first-order valence-corrected chi connectivity index (χ1v) is 9.95. The van der Waals surface area contributed by atoms with Gasteiger partial charge in [0.2, 0.25) is 5.72 Å². The molecule has 0 amide bonds. The zero-order valence-corrected chi connectivity index (χ0v) is 15.5. The van der Waals surface area contributed by atoms with Crippen molar-refractivity contribution in [2.24, 2.45) is 11.5 Å². The molecule has 0 fully saturated rings. The minimum absolute atomic E-state index is 0.0323. The van der Waals surface area contributed by atoms with Gasteiger partial charge in [0.25, 0.3) is 0 Å². The summed E-state index contributed by atoms with van der Waals surface area (Å²) in [6.45, 7) is 0.417. The van der Waals surface area contributed by atoms with Crippen LogP contribution in [0, 0.1) is 0 Å². The number of phosphoric acid groups is 1. The largest absolute Gasteiger partial charge is 0.589 e. The number of carbonyl (C=O) groups is 1. The zero-order chi connectivity index (χ0) is 19.3. The maximum Gasteiger partial charge on any atom is 0.589 e. The molecular weight excluding hydrogens is 371 g/mol. The Labute approximate surface area is 157 Å². The predicted molar refractivity (Wildman–Crippen MR) is 98.3 cm³/mol. The summed E-state index contributed by atoms with van der Waals surface area (Å²) in [6.07, 6.45) is 1.10. The number of hydrogen-bond donors (Lipinski definition) is 2. The van der Waals surface area contributed by atoms with Crippen LogP contribution in [0.3, 0.4) is 0 Å². The Morgan fingerprint density at radius 3 is 2.33 bits per heavy atom. The second-order valence-corrected chi connectivity index (χ2v) is 7.47. The molecule has 2 unspecified atom stereocenters. The third-order valence-corrected chi connectivity index (χ3v) is 5.25. The van der Waals surface area contributed by atoms with E-state index >= 15 is 0 Å². The summed E-state index contributed by atoms with van der Waals surface area (Å²) < 4.78 is 35.1. The first kappa shape index (κ1) is 19.4. The lowest BCUT2D eigenvalue weighted by molar-refractivity contribution is -0.154. The van der Waals surface area contributed by atoms with Gasteiger partial charge in [0.15, 0.2) is 0 Å². The highest BCUT2D eigenvalue weighted by Gasteiger charge is 2.48. The van der Waals surface area contributed by atoms with Gasteiger partial charge < -0.3 is 19.5 Å². The second-order valence-electron chi connectivity index (χ2n) is 6.03. The van der Waals surface area contributed by atoms with Crippen LogP contribution in [0.4, 0.5) is 0 Å². The van der Waals surface area contributed by atoms with Crippen LogP contribution in [0.25, 0.3) is 0 Å². The molecule has 2 aromatic rings. The molecule has 2 aromatic carbocycles. The third-order valence-electron chi connectivity index (χ3n) is 3.83. The third kappa shape index (κ3) is 4.87. The van der Waals surface area contributed by atoms with Gasteiger partial charge in [-0.05, 0) is 55.8 Å². The van der Waals surface area contributed by atoms with Gasteiger partial charge >= 0.3 is 13.8 Å². The van der Waals surface area contributed by atoms with E-state index in [1.54, 1.807) is 30.3 Å². The van der Waals surface area contributed by atoms with Crippen LogP contribution < -0.4 is 25.3 Å². The van der Waals surface area contributed by atoms with Crippen LogP contribution in [0.15, 0.2) is 54.6 Å². The molecule has 0 aromatic heterocycles. The van der Waals surface area contributed by atoms with E-state index in [1.165, 1.54) is 24.3 Å². The van der Waals surface area contributed by atoms with E-state index in [-0.39, 0.29) is 23.7 Å². The number of phosphoric ester groups is 1. The van der Waals surface area contributed by atoms with Crippen LogP contribution in [-0.4, -0.2) is 18.2 Å². The summed E-state index contributed by atoms with van der Waals surface area (Å²) in [5, 5.41) is 0. The number of benzene rings is 2. The standard InChI is InChI=1S/C18H21N2O6P/c19-13-5-4-12-18(20)17(21)23-14-8-10-16(11-9-14)25-27(22,26-18)24-15-6-2-1-3-7-15/h1-3,6-11H,4-5,12-13,19-20H2. The van der Waals surface area contributed by atoms with Crippen molar-refractivity contribution in [3.05, 3.63) is 54.6 Å². The summed E-state index contributed by atoms with van der Waals surface area (Å²) in [6, 6.07) is 14.3. The first-order valence-electron chi connectivity index (χ1n) is 8.49. The molecular formula is C18H21N2O6P. The fourth-order valence-electron chi connectivity index (χ4n) is 2.47. The van der Waals surface area contributed by atoms with Crippen LogP contribution in [-0.2, 0) is 13.9 Å². The van der Waals surface area contributed by atoms with E-state index in [4.69, 9.17) is 29.8 Å². The highest BCUT2D eigenvalue weighted by atomic mass is 31.2. The molecule has 2 atom stereocenters. The van der Waals surface area contributed by atoms with Gasteiger partial charge in [-0.2, -0.15) is 0 Å². The molecule has 8 nitrogen and oxygen atoms in total. The first-order chi connectivity index (χ1) is 12.9. The van der Waals surface area contributed by atoms with Gasteiger partial charge in [-0.25, -0.2) is 13.9 Å². The van der Waals surface area contributed by atoms with Crippen LogP contribution >= 0.6 is 7.82 Å². The van der Waals surface area contributed by atoms with Crippen molar-refractivity contribution in [3.8, 4) is 17.2 Å². The number of fused-ring (bicyclic) bond motifs is 7. The van der Waals surface area contributed by atoms with Gasteiger partial charge in [0.05, 0.1) is 0 Å². The Kier molecular flexibility index (Phi) is 5.82. The van der Waals surface area contributed by atoms with Crippen molar-refractivity contribution in [2.75, 3.05) is 6.54 Å². The number of ether oxygens (including phenoxy) is 1. The Bertz CT molecular complexity index is 830. The fraction of sp³-hybridized carbons (Fsp3) is 0.278. The van der Waals surface area contributed by atoms with Crippen LogP contribution in [0.2, 0.25) is 0 Å². The smallest absolute Gasteiger partial charge is 0.423 e. The van der Waals surface area contributed by atoms with E-state index in [0.29, 0.717) is 19.4 Å². The van der Waals surface area contributed by atoms with Crippen molar-refractivity contribution in [1.82, 2.24) is 0 Å². The zero-order valence-electron chi connectivity index (χ0n) is 14.6. The van der Waals surface area contributed by atoms with E-state index in [2.05, 4.69) is 0 Å². The molecule has 2 bridgehead atoms. The van der Waals surface area contributed by atoms with E-state index < -0.39 is 19.5 Å². The molecule has 9 heteroatoms. The SMILES string of the molecule is NCCCCC1(N)OP(=O)(Oc2ccccc2)Oc2ccc(cc2)OC1=O. The Morgan fingerprint density at radius 2 is 1.67 bits per heavy atom. The fourth-order valence-corrected chi connectivity index (χ4v) is 3.91. The van der Waals surface area contributed by atoms with Crippen molar-refractivity contribution in [1.29, 1.82) is 0 Å². The lowest BCUT2D eigenvalue weighted by Gasteiger charge is -2.31. The van der Waals surface area contributed by atoms with E-state index in [9.17, 15) is 9.36 Å². The number of esters is 1. The second kappa shape index (κ2) is 8.10. The quantitative estimate of drug-likeness (QED) is 0.333. The Morgan fingerprint density at radius 1 is 1.00 bits per heavy atom. The Balaban J connectivity index is 1.96. The number of nitrogens with two attached hydrogens (primary N) is 2. The van der Waals surface area contributed by atoms with Gasteiger partial charge in [-0.3, -0.25) is 5.73 Å². The number of unbranched alkanes of at least 4 members (excludes halogenated alkanes) is 1. The molecule has 0 spiro atoms. The molecule has 0 radical (unpaired) electrons. The van der Waals surface area contributed by atoms with Gasteiger partial charge in [0.1, 0.15) is 17.2 Å². The summed E-state index contributed by atoms with van der Waals surface area (Å²) in [4.78, 5) is 12.6. The molecule has 4 N–H and O–H groups in total. The van der Waals surface area contributed by atoms with E-state index in [1.807, 2.05) is 0 Å². The molecule has 4 rings (SSSR count). The number of rotatable bonds is 6. The lowest BCUT2D eigenvalue weighted by atomic mass is 10.1. The van der Waals surface area contributed by atoms with Crippen LogP contribution in [0.1, 0.15) is 19.3 Å². The molecule has 2 aliphatic heterocycles. The number of hydrogen-bond acceptors (Lipinski definition) is 8. The van der Waals surface area contributed by atoms with Crippen molar-refractivity contribution >= 4 is 13.8 Å². The predicted octanol–water partition coefficient (Wildman–Crippen LogP) is 2.97. The highest BCUT2D eigenvalue weighted by molar-refractivity contribution is 7.49. The topological polar surface area (TPSA) is 123 Å². The molecule has 27 heavy (non-hydrogen) atoms. The molecule has 2 heterocycles. The van der Waals surface area contributed by atoms with Gasteiger partial charge in [-0.1, -0.05) is 18.2 Å². The summed E-state index contributed by atoms with van der Waals surface area (Å²) in [5.41, 5.74) is 9.63. The highest BCUT2D eigenvalue weighted by Crippen LogP contribution is 2.53. The molecule has 0 aliphatic carbocycles. The summed E-state index contributed by atoms with van der Waals surface area (Å²) in [5.74, 6) is -0.160. The van der Waals surface area contributed by atoms with Gasteiger partial charge in [0, 0.05) is 6.42 Å². The van der Waals surface area contributed by atoms with Crippen molar-refractivity contribution < 1.29 is 27.7 Å². The Hall–Kier alpha value is -2.38. The normalized spacial score (nSPS) is 24.7. The van der Waals surface area contributed by atoms with Crippen molar-refractivity contribution in [2.45, 2.75) is 25.0 Å². The maximum absolute atomic E-state index is 13.3. The average Bonchev–Trinajstić information content (AvgIpc) is 2.63. The average molecular weight is 392 g/mol. The number of carbonyl (C=O) groups excluding carboxylic acids is 1. The van der Waals surface area contributed by atoms with Crippen LogP contribution in [0.5, 0.6) is 17.2 Å². The minimum Gasteiger partial charge on any atom is -0.423 e. The summed E-state index contributed by atoms with van der Waals surface area (Å²) >= 11 is 0. The molecule has 2 aliphatic rings. The van der Waals surface area contributed by atoms with Gasteiger partial charge in [-0.15, -0.1) is 0 Å². The summed E-state index contributed by atoms with van der Waals surface area (Å²) in [7, 11) is -4.32. The van der Waals surface area contributed by atoms with E-state index in [0.717, 1.165) is 0 Å². The minimum atomic E-state index is -4.32.